The maximum absolute atomic E-state index is 11.7. The molecule has 106 valence electrons. The number of hydrogen-bond acceptors (Lipinski definition) is 5. The molecule has 0 spiro atoms. The number of rotatable bonds is 6. The maximum Gasteiger partial charge on any atom is 0.264 e. The lowest BCUT2D eigenvalue weighted by Crippen LogP contribution is -2.20. The van der Waals surface area contributed by atoms with Gasteiger partial charge < -0.3 is 14.6 Å². The molecule has 0 saturated carbocycles. The van der Waals surface area contributed by atoms with Gasteiger partial charge in [0.1, 0.15) is 5.75 Å². The second-order valence-corrected chi connectivity index (χ2v) is 4.31. The third-order valence-electron chi connectivity index (χ3n) is 2.59. The molecule has 0 aliphatic heterocycles. The van der Waals surface area contributed by atoms with Crippen LogP contribution in [0.4, 0.5) is 5.88 Å². The highest BCUT2D eigenvalue weighted by atomic mass is 16.5. The minimum Gasteiger partial charge on any atom is -0.483 e. The van der Waals surface area contributed by atoms with E-state index in [0.29, 0.717) is 23.9 Å². The van der Waals surface area contributed by atoms with Crippen LogP contribution in [0.2, 0.25) is 0 Å². The Labute approximate surface area is 117 Å². The number of amides is 1. The molecule has 1 amide bonds. The number of carbonyl (C=O) groups excluding carboxylic acids is 1. The van der Waals surface area contributed by atoms with Gasteiger partial charge >= 0.3 is 0 Å². The summed E-state index contributed by atoms with van der Waals surface area (Å²) in [7, 11) is 1.86. The van der Waals surface area contributed by atoms with E-state index in [-0.39, 0.29) is 12.5 Å². The standard InChI is InChI=1S/C14H17N3O3/c1-10-7-14(20-17-10)16-13(18)9-19-12-6-4-3-5-11(12)8-15-2/h3-7,15H,8-9H2,1-2H3,(H,16,18). The molecule has 0 bridgehead atoms. The summed E-state index contributed by atoms with van der Waals surface area (Å²) in [4.78, 5) is 11.7. The average molecular weight is 275 g/mol. The zero-order valence-corrected chi connectivity index (χ0v) is 11.5. The first-order chi connectivity index (χ1) is 9.69. The minimum atomic E-state index is -0.291. The first-order valence-corrected chi connectivity index (χ1v) is 6.27. The molecule has 1 aromatic heterocycles. The molecule has 1 aromatic carbocycles. The monoisotopic (exact) mass is 275 g/mol. The van der Waals surface area contributed by atoms with E-state index >= 15 is 0 Å². The van der Waals surface area contributed by atoms with Crippen LogP contribution in [0.5, 0.6) is 5.75 Å². The second kappa shape index (κ2) is 6.72. The van der Waals surface area contributed by atoms with Crippen LogP contribution in [-0.4, -0.2) is 24.7 Å². The SMILES string of the molecule is CNCc1ccccc1OCC(=O)Nc1cc(C)no1. The smallest absolute Gasteiger partial charge is 0.264 e. The van der Waals surface area contributed by atoms with Crippen molar-refractivity contribution < 1.29 is 14.1 Å². The largest absolute Gasteiger partial charge is 0.483 e. The molecule has 0 atom stereocenters. The normalized spacial score (nSPS) is 10.3. The van der Waals surface area contributed by atoms with Gasteiger partial charge in [0.2, 0.25) is 5.88 Å². The summed E-state index contributed by atoms with van der Waals surface area (Å²) in [6.07, 6.45) is 0. The molecule has 6 nitrogen and oxygen atoms in total. The van der Waals surface area contributed by atoms with Gasteiger partial charge in [0, 0.05) is 18.2 Å². The van der Waals surface area contributed by atoms with Gasteiger partial charge in [-0.3, -0.25) is 10.1 Å². The number of anilines is 1. The summed E-state index contributed by atoms with van der Waals surface area (Å²) in [5, 5.41) is 9.31. The van der Waals surface area contributed by atoms with E-state index in [0.717, 1.165) is 5.56 Å². The van der Waals surface area contributed by atoms with Gasteiger partial charge in [-0.05, 0) is 20.0 Å². The first-order valence-electron chi connectivity index (χ1n) is 6.27. The fourth-order valence-electron chi connectivity index (χ4n) is 1.72. The summed E-state index contributed by atoms with van der Waals surface area (Å²) in [5.41, 5.74) is 1.71. The Morgan fingerprint density at radius 2 is 2.20 bits per heavy atom. The van der Waals surface area contributed by atoms with E-state index in [1.165, 1.54) is 0 Å². The molecular formula is C14H17N3O3. The lowest BCUT2D eigenvalue weighted by Gasteiger charge is -2.10. The van der Waals surface area contributed by atoms with Crippen LogP contribution in [0.15, 0.2) is 34.9 Å². The highest BCUT2D eigenvalue weighted by Crippen LogP contribution is 2.17. The van der Waals surface area contributed by atoms with Crippen molar-refractivity contribution in [1.82, 2.24) is 10.5 Å². The van der Waals surface area contributed by atoms with Crippen LogP contribution in [0, 0.1) is 6.92 Å². The summed E-state index contributed by atoms with van der Waals surface area (Å²) in [6.45, 7) is 2.38. The molecule has 2 aromatic rings. The van der Waals surface area contributed by atoms with E-state index in [2.05, 4.69) is 15.8 Å². The maximum atomic E-state index is 11.7. The van der Waals surface area contributed by atoms with E-state index in [4.69, 9.17) is 9.26 Å². The first kappa shape index (κ1) is 14.1. The van der Waals surface area contributed by atoms with Crippen molar-refractivity contribution in [2.45, 2.75) is 13.5 Å². The molecular weight excluding hydrogens is 258 g/mol. The minimum absolute atomic E-state index is 0.0829. The van der Waals surface area contributed by atoms with Crippen LogP contribution in [0.25, 0.3) is 0 Å². The fraction of sp³-hybridized carbons (Fsp3) is 0.286. The molecule has 2 N–H and O–H groups in total. The van der Waals surface area contributed by atoms with E-state index in [1.807, 2.05) is 31.3 Å². The van der Waals surface area contributed by atoms with Gasteiger partial charge in [-0.2, -0.15) is 0 Å². The average Bonchev–Trinajstić information content (AvgIpc) is 2.83. The Bertz CT molecular complexity index is 581. The van der Waals surface area contributed by atoms with Gasteiger partial charge in [0.25, 0.3) is 5.91 Å². The highest BCUT2D eigenvalue weighted by molar-refractivity contribution is 5.90. The van der Waals surface area contributed by atoms with Crippen molar-refractivity contribution in [3.8, 4) is 5.75 Å². The van der Waals surface area contributed by atoms with Crippen LogP contribution in [-0.2, 0) is 11.3 Å². The lowest BCUT2D eigenvalue weighted by atomic mass is 10.2. The molecule has 0 saturated heterocycles. The Balaban J connectivity index is 1.90. The zero-order valence-electron chi connectivity index (χ0n) is 11.5. The predicted molar refractivity (Wildman–Crippen MR) is 74.6 cm³/mol. The van der Waals surface area contributed by atoms with Crippen molar-refractivity contribution >= 4 is 11.8 Å². The third-order valence-corrected chi connectivity index (χ3v) is 2.59. The van der Waals surface area contributed by atoms with Gasteiger partial charge in [-0.15, -0.1) is 0 Å². The van der Waals surface area contributed by atoms with Crippen molar-refractivity contribution in [2.75, 3.05) is 19.0 Å². The molecule has 0 fully saturated rings. The second-order valence-electron chi connectivity index (χ2n) is 4.31. The quantitative estimate of drug-likeness (QED) is 0.839. The Kier molecular flexibility index (Phi) is 4.73. The van der Waals surface area contributed by atoms with E-state index in [1.54, 1.807) is 13.0 Å². The lowest BCUT2D eigenvalue weighted by molar-refractivity contribution is -0.118. The number of aromatic nitrogens is 1. The van der Waals surface area contributed by atoms with Gasteiger partial charge in [-0.25, -0.2) is 0 Å². The third kappa shape index (κ3) is 3.83. The fourth-order valence-corrected chi connectivity index (χ4v) is 1.72. The Hall–Kier alpha value is -2.34. The zero-order chi connectivity index (χ0) is 14.4. The Morgan fingerprint density at radius 3 is 2.90 bits per heavy atom. The number of carbonyl (C=O) groups is 1. The predicted octanol–water partition coefficient (Wildman–Crippen LogP) is 1.72. The summed E-state index contributed by atoms with van der Waals surface area (Å²) < 4.78 is 10.4. The van der Waals surface area contributed by atoms with Crippen LogP contribution < -0.4 is 15.4 Å². The van der Waals surface area contributed by atoms with Gasteiger partial charge in [0.05, 0.1) is 5.69 Å². The van der Waals surface area contributed by atoms with E-state index in [9.17, 15) is 4.79 Å². The van der Waals surface area contributed by atoms with Crippen molar-refractivity contribution in [3.63, 3.8) is 0 Å². The van der Waals surface area contributed by atoms with Crippen molar-refractivity contribution in [2.24, 2.45) is 0 Å². The molecule has 1 heterocycles. The van der Waals surface area contributed by atoms with Gasteiger partial charge in [-0.1, -0.05) is 23.4 Å². The number of ether oxygens (including phenoxy) is 1. The summed E-state index contributed by atoms with van der Waals surface area (Å²) >= 11 is 0. The van der Waals surface area contributed by atoms with Crippen LogP contribution in [0.1, 0.15) is 11.3 Å². The number of nitrogens with zero attached hydrogens (tertiary/aromatic N) is 1. The van der Waals surface area contributed by atoms with Crippen LogP contribution in [0.3, 0.4) is 0 Å². The molecule has 20 heavy (non-hydrogen) atoms. The molecule has 6 heteroatoms. The van der Waals surface area contributed by atoms with Crippen LogP contribution >= 0.6 is 0 Å². The molecule has 0 radical (unpaired) electrons. The number of hydrogen-bond donors (Lipinski definition) is 2. The number of para-hydroxylation sites is 1. The van der Waals surface area contributed by atoms with Crippen molar-refractivity contribution in [3.05, 3.63) is 41.6 Å². The topological polar surface area (TPSA) is 76.4 Å². The molecule has 0 aliphatic rings. The highest BCUT2D eigenvalue weighted by Gasteiger charge is 2.09. The summed E-state index contributed by atoms with van der Waals surface area (Å²) in [5.74, 6) is 0.714. The van der Waals surface area contributed by atoms with Crippen molar-refractivity contribution in [1.29, 1.82) is 0 Å². The summed E-state index contributed by atoms with van der Waals surface area (Å²) in [6, 6.07) is 9.22. The van der Waals surface area contributed by atoms with Gasteiger partial charge in [0.15, 0.2) is 6.61 Å². The Morgan fingerprint density at radius 1 is 1.40 bits per heavy atom. The number of benzene rings is 1. The molecule has 0 aliphatic carbocycles. The van der Waals surface area contributed by atoms with E-state index < -0.39 is 0 Å². The number of aryl methyl sites for hydroxylation is 1. The molecule has 0 unspecified atom stereocenters. The molecule has 2 rings (SSSR count). The number of nitrogens with one attached hydrogen (secondary N) is 2.